The molecule has 20 heavy (non-hydrogen) atoms. The van der Waals surface area contributed by atoms with Crippen LogP contribution in [0.5, 0.6) is 0 Å². The van der Waals surface area contributed by atoms with Gasteiger partial charge in [-0.3, -0.25) is 9.78 Å². The molecule has 2 rings (SSSR count). The van der Waals surface area contributed by atoms with Crippen LogP contribution in [0.25, 0.3) is 0 Å². The van der Waals surface area contributed by atoms with Crippen LogP contribution in [0.3, 0.4) is 0 Å². The molecule has 1 amide bonds. The van der Waals surface area contributed by atoms with E-state index in [-0.39, 0.29) is 11.9 Å². The average molecular weight is 269 g/mol. The standard InChI is InChI=1S/C16H19N3O/c1-11-9-15(7-8-18-11)16(20)19-12(2)14-5-3-13(10-17)4-6-14/h3-9,12H,10,17H2,1-2H3,(H,19,20). The summed E-state index contributed by atoms with van der Waals surface area (Å²) in [5.41, 5.74) is 9.17. The second-order valence-corrected chi connectivity index (χ2v) is 4.83. The van der Waals surface area contributed by atoms with Crippen LogP contribution in [0, 0.1) is 6.92 Å². The summed E-state index contributed by atoms with van der Waals surface area (Å²) < 4.78 is 0. The Morgan fingerprint density at radius 1 is 1.30 bits per heavy atom. The molecule has 4 heteroatoms. The van der Waals surface area contributed by atoms with E-state index in [1.165, 1.54) is 0 Å². The van der Waals surface area contributed by atoms with Crippen molar-refractivity contribution in [3.8, 4) is 0 Å². The summed E-state index contributed by atoms with van der Waals surface area (Å²) in [5, 5.41) is 2.98. The number of nitrogens with zero attached hydrogens (tertiary/aromatic N) is 1. The van der Waals surface area contributed by atoms with Crippen LogP contribution in [0.1, 0.15) is 40.1 Å². The van der Waals surface area contributed by atoms with Crippen LogP contribution in [0.15, 0.2) is 42.6 Å². The van der Waals surface area contributed by atoms with Gasteiger partial charge in [-0.05, 0) is 37.1 Å². The summed E-state index contributed by atoms with van der Waals surface area (Å²) in [5.74, 6) is -0.0918. The Bertz CT molecular complexity index is 593. The zero-order chi connectivity index (χ0) is 14.5. The minimum Gasteiger partial charge on any atom is -0.346 e. The molecular weight excluding hydrogens is 250 g/mol. The number of carbonyl (C=O) groups is 1. The maximum absolute atomic E-state index is 12.1. The first-order valence-corrected chi connectivity index (χ1v) is 6.62. The predicted octanol–water partition coefficient (Wildman–Crippen LogP) is 2.34. The van der Waals surface area contributed by atoms with E-state index in [0.717, 1.165) is 16.8 Å². The molecule has 0 aliphatic rings. The van der Waals surface area contributed by atoms with Gasteiger partial charge in [-0.1, -0.05) is 24.3 Å². The molecule has 0 spiro atoms. The van der Waals surface area contributed by atoms with Crippen molar-refractivity contribution in [3.63, 3.8) is 0 Å². The number of aromatic nitrogens is 1. The second-order valence-electron chi connectivity index (χ2n) is 4.83. The van der Waals surface area contributed by atoms with Gasteiger partial charge in [0.2, 0.25) is 0 Å². The van der Waals surface area contributed by atoms with E-state index in [2.05, 4.69) is 10.3 Å². The smallest absolute Gasteiger partial charge is 0.251 e. The van der Waals surface area contributed by atoms with Gasteiger partial charge in [0.1, 0.15) is 0 Å². The summed E-state index contributed by atoms with van der Waals surface area (Å²) in [4.78, 5) is 16.2. The first-order chi connectivity index (χ1) is 9.60. The molecule has 0 bridgehead atoms. The molecule has 1 aromatic heterocycles. The number of pyridine rings is 1. The third-order valence-electron chi connectivity index (χ3n) is 3.22. The van der Waals surface area contributed by atoms with Gasteiger partial charge in [-0.15, -0.1) is 0 Å². The van der Waals surface area contributed by atoms with Crippen LogP contribution in [-0.2, 0) is 6.54 Å². The maximum Gasteiger partial charge on any atom is 0.251 e. The molecule has 104 valence electrons. The second kappa shape index (κ2) is 6.30. The Morgan fingerprint density at radius 3 is 2.60 bits per heavy atom. The van der Waals surface area contributed by atoms with E-state index in [9.17, 15) is 4.79 Å². The van der Waals surface area contributed by atoms with Crippen molar-refractivity contribution in [2.24, 2.45) is 5.73 Å². The Labute approximate surface area is 119 Å². The average Bonchev–Trinajstić information content (AvgIpc) is 2.47. The van der Waals surface area contributed by atoms with Crippen LogP contribution in [0.4, 0.5) is 0 Å². The van der Waals surface area contributed by atoms with Gasteiger partial charge < -0.3 is 11.1 Å². The third-order valence-corrected chi connectivity index (χ3v) is 3.22. The molecule has 1 heterocycles. The number of benzene rings is 1. The summed E-state index contributed by atoms with van der Waals surface area (Å²) in [6.45, 7) is 4.35. The van der Waals surface area contributed by atoms with E-state index < -0.39 is 0 Å². The van der Waals surface area contributed by atoms with Crippen molar-refractivity contribution in [1.82, 2.24) is 10.3 Å². The summed E-state index contributed by atoms with van der Waals surface area (Å²) in [7, 11) is 0. The Kier molecular flexibility index (Phi) is 4.48. The Morgan fingerprint density at radius 2 is 2.00 bits per heavy atom. The SMILES string of the molecule is Cc1cc(C(=O)NC(C)c2ccc(CN)cc2)ccn1. The fourth-order valence-electron chi connectivity index (χ4n) is 1.99. The topological polar surface area (TPSA) is 68.0 Å². The highest BCUT2D eigenvalue weighted by atomic mass is 16.1. The Hall–Kier alpha value is -2.20. The van der Waals surface area contributed by atoms with E-state index in [0.29, 0.717) is 12.1 Å². The highest BCUT2D eigenvalue weighted by molar-refractivity contribution is 5.94. The van der Waals surface area contributed by atoms with E-state index in [1.54, 1.807) is 18.3 Å². The minimum atomic E-state index is -0.0918. The molecule has 1 atom stereocenters. The number of nitrogens with two attached hydrogens (primary N) is 1. The fraction of sp³-hybridized carbons (Fsp3) is 0.250. The van der Waals surface area contributed by atoms with Crippen molar-refractivity contribution in [1.29, 1.82) is 0 Å². The lowest BCUT2D eigenvalue weighted by Crippen LogP contribution is -2.26. The number of aryl methyl sites for hydroxylation is 1. The third kappa shape index (κ3) is 3.42. The summed E-state index contributed by atoms with van der Waals surface area (Å²) >= 11 is 0. The molecule has 0 aliphatic heterocycles. The van der Waals surface area contributed by atoms with Gasteiger partial charge in [0, 0.05) is 24.0 Å². The van der Waals surface area contributed by atoms with Crippen molar-refractivity contribution in [3.05, 3.63) is 65.0 Å². The molecule has 2 aromatic rings. The largest absolute Gasteiger partial charge is 0.346 e. The van der Waals surface area contributed by atoms with Gasteiger partial charge in [-0.25, -0.2) is 0 Å². The Balaban J connectivity index is 2.06. The quantitative estimate of drug-likeness (QED) is 0.895. The molecular formula is C16H19N3O. The highest BCUT2D eigenvalue weighted by Gasteiger charge is 2.11. The van der Waals surface area contributed by atoms with E-state index in [4.69, 9.17) is 5.73 Å². The maximum atomic E-state index is 12.1. The predicted molar refractivity (Wildman–Crippen MR) is 79.2 cm³/mol. The summed E-state index contributed by atoms with van der Waals surface area (Å²) in [6.07, 6.45) is 1.64. The first-order valence-electron chi connectivity index (χ1n) is 6.62. The minimum absolute atomic E-state index is 0.0530. The van der Waals surface area contributed by atoms with Gasteiger partial charge >= 0.3 is 0 Å². The number of hydrogen-bond donors (Lipinski definition) is 2. The number of amides is 1. The number of hydrogen-bond acceptors (Lipinski definition) is 3. The normalized spacial score (nSPS) is 11.9. The highest BCUT2D eigenvalue weighted by Crippen LogP contribution is 2.14. The monoisotopic (exact) mass is 269 g/mol. The van der Waals surface area contributed by atoms with Crippen molar-refractivity contribution in [2.75, 3.05) is 0 Å². The molecule has 3 N–H and O–H groups in total. The number of rotatable bonds is 4. The van der Waals surface area contributed by atoms with Crippen LogP contribution in [-0.4, -0.2) is 10.9 Å². The molecule has 0 fully saturated rings. The molecule has 0 radical (unpaired) electrons. The number of nitrogens with one attached hydrogen (secondary N) is 1. The van der Waals surface area contributed by atoms with E-state index >= 15 is 0 Å². The lowest BCUT2D eigenvalue weighted by molar-refractivity contribution is 0.0939. The molecule has 1 unspecified atom stereocenters. The lowest BCUT2D eigenvalue weighted by atomic mass is 10.1. The molecule has 0 saturated heterocycles. The van der Waals surface area contributed by atoms with Gasteiger partial charge in [0.15, 0.2) is 0 Å². The molecule has 0 saturated carbocycles. The van der Waals surface area contributed by atoms with Gasteiger partial charge in [-0.2, -0.15) is 0 Å². The van der Waals surface area contributed by atoms with Crippen LogP contribution >= 0.6 is 0 Å². The van der Waals surface area contributed by atoms with Crippen LogP contribution in [0.2, 0.25) is 0 Å². The first kappa shape index (κ1) is 14.2. The zero-order valence-electron chi connectivity index (χ0n) is 11.8. The van der Waals surface area contributed by atoms with Crippen molar-refractivity contribution in [2.45, 2.75) is 26.4 Å². The van der Waals surface area contributed by atoms with Crippen molar-refractivity contribution < 1.29 is 4.79 Å². The number of carbonyl (C=O) groups excluding carboxylic acids is 1. The van der Waals surface area contributed by atoms with Crippen LogP contribution < -0.4 is 11.1 Å². The molecule has 4 nitrogen and oxygen atoms in total. The summed E-state index contributed by atoms with van der Waals surface area (Å²) in [6, 6.07) is 11.4. The van der Waals surface area contributed by atoms with Crippen molar-refractivity contribution >= 4 is 5.91 Å². The van der Waals surface area contributed by atoms with Gasteiger partial charge in [0.25, 0.3) is 5.91 Å². The fourth-order valence-corrected chi connectivity index (χ4v) is 1.99. The lowest BCUT2D eigenvalue weighted by Gasteiger charge is -2.15. The van der Waals surface area contributed by atoms with Gasteiger partial charge in [0.05, 0.1) is 6.04 Å². The molecule has 0 aliphatic carbocycles. The van der Waals surface area contributed by atoms with E-state index in [1.807, 2.05) is 38.1 Å². The molecule has 1 aromatic carbocycles. The zero-order valence-corrected chi connectivity index (χ0v) is 11.8.